The van der Waals surface area contributed by atoms with Crippen LogP contribution >= 0.6 is 0 Å². The first kappa shape index (κ1) is 70.4. The van der Waals surface area contributed by atoms with Crippen molar-refractivity contribution in [1.82, 2.24) is 0 Å². The quantitative estimate of drug-likeness (QED) is 0.373. The van der Waals surface area contributed by atoms with Crippen LogP contribution in [0, 0.1) is 10.2 Å². The third-order valence-electron chi connectivity index (χ3n) is 0. The summed E-state index contributed by atoms with van der Waals surface area (Å²) in [5, 5.41) is 0. The second-order valence-corrected chi connectivity index (χ2v) is 1.13. The highest BCUT2D eigenvalue weighted by atomic mass is 35.7. The van der Waals surface area contributed by atoms with Crippen LogP contribution in [0.25, 0.3) is 0 Å². The first-order valence-electron chi connectivity index (χ1n) is 0.617. The summed E-state index contributed by atoms with van der Waals surface area (Å²) in [5.74, 6) is 0. The van der Waals surface area contributed by atoms with Crippen LogP contribution in [0.3, 0.4) is 0 Å². The van der Waals surface area contributed by atoms with E-state index in [0.717, 1.165) is 0 Å². The molecule has 0 aromatic rings. The summed E-state index contributed by atoms with van der Waals surface area (Å²) in [4.78, 5) is 0. The summed E-state index contributed by atoms with van der Waals surface area (Å²) in [6, 6.07) is 0. The van der Waals surface area contributed by atoms with Gasteiger partial charge in [-0.25, -0.2) is 18.6 Å². The van der Waals surface area contributed by atoms with Crippen molar-refractivity contribution in [2.24, 2.45) is 0 Å². The van der Waals surface area contributed by atoms with Gasteiger partial charge in [0.15, 0.2) is 0 Å². The highest BCUT2D eigenvalue weighted by Crippen LogP contribution is 1.49. The Balaban J connectivity index is -0.00000000533. The Hall–Kier alpha value is -0.110. The minimum absolute atomic E-state index is 0. The predicted molar refractivity (Wildman–Crippen MR) is 21.7 cm³/mol. The summed E-state index contributed by atoms with van der Waals surface area (Å²) >= 11 is 0. The largest absolute Gasteiger partial charge is 0.412 e. The van der Waals surface area contributed by atoms with Crippen molar-refractivity contribution in [1.29, 1.82) is 0 Å². The van der Waals surface area contributed by atoms with Gasteiger partial charge in [0.25, 0.3) is 0 Å². The fraction of sp³-hybridized carbons (Fsp3) is 0. The van der Waals surface area contributed by atoms with Gasteiger partial charge in [0, 0.05) is 0 Å². The summed E-state index contributed by atoms with van der Waals surface area (Å²) < 4.78 is 34.0. The molecular formula is H12ClO10-. The zero-order chi connectivity index (χ0) is 4.50. The standard InChI is InChI=1S/ClHO4.6H2O/c2-1(3,4)5;;;;;;/h(H,2,3,4,5);6*1H2/p-1. The molecule has 11 heteroatoms. The van der Waals surface area contributed by atoms with E-state index in [1.54, 1.807) is 0 Å². The lowest BCUT2D eigenvalue weighted by Crippen LogP contribution is -2.68. The molecule has 0 heterocycles. The average molecular weight is 208 g/mol. The molecule has 0 bridgehead atoms. The number of halogens is 1. The lowest BCUT2D eigenvalue weighted by atomic mass is 15.8. The molecule has 0 rings (SSSR count). The highest BCUT2D eigenvalue weighted by Gasteiger charge is 1.84. The van der Waals surface area contributed by atoms with E-state index in [-0.39, 0.29) is 32.9 Å². The monoisotopic (exact) mass is 207 g/mol. The third kappa shape index (κ3) is 50900. The Bertz CT molecular complexity index is 20.3. The second-order valence-electron chi connectivity index (χ2n) is 0.378. The molecular weight excluding hydrogens is 195 g/mol. The molecule has 0 atom stereocenters. The lowest BCUT2D eigenvalue weighted by molar-refractivity contribution is -2.00. The SMILES string of the molecule is O.O.O.O.O.O.[O-][Cl+3]([O-])([O-])[O-]. The summed E-state index contributed by atoms with van der Waals surface area (Å²) in [6.07, 6.45) is 0. The van der Waals surface area contributed by atoms with Crippen LogP contribution in [-0.4, -0.2) is 32.9 Å². The molecule has 0 aromatic carbocycles. The van der Waals surface area contributed by atoms with E-state index in [9.17, 15) is 0 Å². The minimum atomic E-state index is -4.94. The Kier molecular flexibility index (Phi) is 144. The van der Waals surface area contributed by atoms with Gasteiger partial charge in [-0.2, -0.15) is 0 Å². The van der Waals surface area contributed by atoms with Gasteiger partial charge in [-0.15, -0.1) is 10.2 Å². The van der Waals surface area contributed by atoms with E-state index in [1.807, 2.05) is 0 Å². The maximum absolute atomic E-state index is 8.49. The van der Waals surface area contributed by atoms with Gasteiger partial charge in [-0.1, -0.05) is 0 Å². The normalized spacial score (nSPS) is 5.45. The van der Waals surface area contributed by atoms with Gasteiger partial charge in [-0.05, 0) is 0 Å². The molecule has 0 fully saturated rings. The van der Waals surface area contributed by atoms with Gasteiger partial charge in [0.2, 0.25) is 0 Å². The predicted octanol–water partition coefficient (Wildman–Crippen LogP) is -9.70. The average Bonchev–Trinajstić information content (AvgIpc) is 0.722. The Morgan fingerprint density at radius 1 is 0.455 bits per heavy atom. The summed E-state index contributed by atoms with van der Waals surface area (Å²) in [7, 11) is -4.94. The van der Waals surface area contributed by atoms with Gasteiger partial charge >= 0.3 is 0 Å². The maximum atomic E-state index is 8.49. The second kappa shape index (κ2) is 22.5. The maximum Gasteiger partial charge on any atom is -0.112 e. The number of hydrogen-bond donors (Lipinski definition) is 0. The zero-order valence-corrected chi connectivity index (χ0v) is 5.77. The van der Waals surface area contributed by atoms with Crippen LogP contribution in [0.2, 0.25) is 0 Å². The van der Waals surface area contributed by atoms with Crippen LogP contribution in [0.1, 0.15) is 0 Å². The lowest BCUT2D eigenvalue weighted by Gasteiger charge is -2.17. The van der Waals surface area contributed by atoms with E-state index in [0.29, 0.717) is 0 Å². The zero-order valence-electron chi connectivity index (χ0n) is 5.01. The molecule has 0 saturated carbocycles. The molecule has 0 amide bonds. The van der Waals surface area contributed by atoms with Crippen LogP contribution in [0.4, 0.5) is 0 Å². The van der Waals surface area contributed by atoms with Crippen LogP contribution < -0.4 is 18.6 Å². The third-order valence-corrected chi connectivity index (χ3v) is 0. The van der Waals surface area contributed by atoms with Crippen molar-refractivity contribution in [3.8, 4) is 0 Å². The molecule has 11 heavy (non-hydrogen) atoms. The van der Waals surface area contributed by atoms with Crippen molar-refractivity contribution in [3.05, 3.63) is 0 Å². The van der Waals surface area contributed by atoms with Crippen molar-refractivity contribution in [2.45, 2.75) is 0 Å². The van der Waals surface area contributed by atoms with Gasteiger partial charge in [0.1, 0.15) is 0 Å². The smallest absolute Gasteiger partial charge is 0.112 e. The summed E-state index contributed by atoms with van der Waals surface area (Å²) in [6.45, 7) is 0. The van der Waals surface area contributed by atoms with Crippen molar-refractivity contribution in [3.63, 3.8) is 0 Å². The first-order chi connectivity index (χ1) is 2.00. The molecule has 10 nitrogen and oxygen atoms in total. The van der Waals surface area contributed by atoms with Crippen LogP contribution in [0.5, 0.6) is 0 Å². The molecule has 0 saturated heterocycles. The van der Waals surface area contributed by atoms with E-state index < -0.39 is 10.2 Å². The van der Waals surface area contributed by atoms with E-state index in [4.69, 9.17) is 18.6 Å². The highest BCUT2D eigenvalue weighted by molar-refractivity contribution is 2.00. The minimum Gasteiger partial charge on any atom is -0.412 e. The number of rotatable bonds is 0. The van der Waals surface area contributed by atoms with Crippen molar-refractivity contribution >= 4 is 0 Å². The molecule has 12 N–H and O–H groups in total. The molecule has 0 unspecified atom stereocenters. The van der Waals surface area contributed by atoms with Crippen LogP contribution in [-0.2, 0) is 0 Å². The molecule has 0 aliphatic heterocycles. The van der Waals surface area contributed by atoms with E-state index in [2.05, 4.69) is 0 Å². The Morgan fingerprint density at radius 2 is 0.455 bits per heavy atom. The van der Waals surface area contributed by atoms with Gasteiger partial charge in [0.05, 0.1) is 0 Å². The van der Waals surface area contributed by atoms with Crippen molar-refractivity contribution < 1.29 is 61.7 Å². The molecule has 0 aliphatic carbocycles. The van der Waals surface area contributed by atoms with Gasteiger partial charge in [-0.3, -0.25) is 0 Å². The van der Waals surface area contributed by atoms with E-state index >= 15 is 0 Å². The number of hydrogen-bond acceptors (Lipinski definition) is 4. The summed E-state index contributed by atoms with van der Waals surface area (Å²) in [5.41, 5.74) is 0. The molecule has 0 spiro atoms. The van der Waals surface area contributed by atoms with Crippen molar-refractivity contribution in [2.75, 3.05) is 0 Å². The molecule has 80 valence electrons. The first-order valence-corrected chi connectivity index (χ1v) is 1.85. The van der Waals surface area contributed by atoms with Gasteiger partial charge < -0.3 is 32.9 Å². The molecule has 0 aromatic heterocycles. The molecule has 0 aliphatic rings. The topological polar surface area (TPSA) is 281 Å². The fourth-order valence-corrected chi connectivity index (χ4v) is 0. The molecule has 0 radical (unpaired) electrons. The Labute approximate surface area is 62.9 Å². The Morgan fingerprint density at radius 3 is 0.455 bits per heavy atom. The fourth-order valence-electron chi connectivity index (χ4n) is 0. The van der Waals surface area contributed by atoms with Crippen LogP contribution in [0.15, 0.2) is 0 Å². The van der Waals surface area contributed by atoms with E-state index in [1.165, 1.54) is 0 Å².